The van der Waals surface area contributed by atoms with Crippen LogP contribution in [0.3, 0.4) is 0 Å². The zero-order valence-corrected chi connectivity index (χ0v) is 16.6. The first-order chi connectivity index (χ1) is 12.5. The van der Waals surface area contributed by atoms with E-state index in [4.69, 9.17) is 0 Å². The van der Waals surface area contributed by atoms with Crippen molar-refractivity contribution in [2.75, 3.05) is 6.54 Å². The second kappa shape index (κ2) is 8.49. The first kappa shape index (κ1) is 18.6. The Balaban J connectivity index is 1.57. The van der Waals surface area contributed by atoms with E-state index in [2.05, 4.69) is 40.2 Å². The third kappa shape index (κ3) is 4.52. The molecule has 5 heteroatoms. The fraction of sp³-hybridized carbons (Fsp3) is 0.429. The van der Waals surface area contributed by atoms with Crippen molar-refractivity contribution in [3.05, 3.63) is 52.1 Å². The number of rotatable bonds is 8. The molecule has 1 aromatic carbocycles. The van der Waals surface area contributed by atoms with Gasteiger partial charge in [-0.25, -0.2) is 4.98 Å². The smallest absolute Gasteiger partial charge is 0.253 e. The molecule has 0 fully saturated rings. The van der Waals surface area contributed by atoms with Crippen molar-refractivity contribution < 1.29 is 4.79 Å². The van der Waals surface area contributed by atoms with E-state index < -0.39 is 0 Å². The molecule has 26 heavy (non-hydrogen) atoms. The largest absolute Gasteiger partial charge is 0.352 e. The molecule has 138 valence electrons. The van der Waals surface area contributed by atoms with Crippen LogP contribution in [0, 0.1) is 12.8 Å². The van der Waals surface area contributed by atoms with Crippen molar-refractivity contribution in [3.8, 4) is 0 Å². The maximum atomic E-state index is 12.7. The van der Waals surface area contributed by atoms with Gasteiger partial charge in [0, 0.05) is 41.3 Å². The fourth-order valence-electron chi connectivity index (χ4n) is 3.19. The summed E-state index contributed by atoms with van der Waals surface area (Å²) in [6.45, 7) is 8.03. The number of para-hydroxylation sites is 1. The lowest BCUT2D eigenvalue weighted by Gasteiger charge is -2.07. The molecule has 1 amide bonds. The third-order valence-corrected chi connectivity index (χ3v) is 5.39. The van der Waals surface area contributed by atoms with Gasteiger partial charge >= 0.3 is 0 Å². The second-order valence-corrected chi connectivity index (χ2v) is 8.14. The molecule has 3 rings (SSSR count). The number of thiazole rings is 1. The molecule has 0 saturated carbocycles. The Morgan fingerprint density at radius 1 is 1.27 bits per heavy atom. The van der Waals surface area contributed by atoms with Crippen molar-refractivity contribution in [2.45, 2.75) is 46.6 Å². The van der Waals surface area contributed by atoms with E-state index in [1.165, 1.54) is 5.01 Å². The number of hydrogen-bond acceptors (Lipinski definition) is 3. The van der Waals surface area contributed by atoms with Crippen molar-refractivity contribution in [3.63, 3.8) is 0 Å². The van der Waals surface area contributed by atoms with Gasteiger partial charge in [0.1, 0.15) is 0 Å². The van der Waals surface area contributed by atoms with Crippen LogP contribution in [0.2, 0.25) is 0 Å². The summed E-state index contributed by atoms with van der Waals surface area (Å²) in [7, 11) is 0. The summed E-state index contributed by atoms with van der Waals surface area (Å²) >= 11 is 1.72. The van der Waals surface area contributed by atoms with Crippen LogP contribution in [0.1, 0.15) is 47.7 Å². The van der Waals surface area contributed by atoms with E-state index in [0.29, 0.717) is 12.5 Å². The predicted molar refractivity (Wildman–Crippen MR) is 109 cm³/mol. The average molecular weight is 370 g/mol. The quantitative estimate of drug-likeness (QED) is 0.579. The molecule has 0 saturated heterocycles. The van der Waals surface area contributed by atoms with Crippen LogP contribution in [0.15, 0.2) is 35.8 Å². The van der Waals surface area contributed by atoms with Crippen LogP contribution in [0.5, 0.6) is 0 Å². The molecular weight excluding hydrogens is 342 g/mol. The van der Waals surface area contributed by atoms with E-state index in [0.717, 1.165) is 48.0 Å². The molecule has 2 aromatic heterocycles. The van der Waals surface area contributed by atoms with Crippen LogP contribution in [-0.4, -0.2) is 22.0 Å². The monoisotopic (exact) mass is 369 g/mol. The Bertz CT molecular complexity index is 878. The number of nitrogens with zero attached hydrogens (tertiary/aromatic N) is 2. The van der Waals surface area contributed by atoms with Gasteiger partial charge in [0.05, 0.1) is 10.6 Å². The number of benzene rings is 1. The highest BCUT2D eigenvalue weighted by Crippen LogP contribution is 2.22. The van der Waals surface area contributed by atoms with Gasteiger partial charge in [-0.05, 0) is 38.2 Å². The van der Waals surface area contributed by atoms with Gasteiger partial charge in [-0.2, -0.15) is 0 Å². The molecule has 3 aromatic rings. The van der Waals surface area contributed by atoms with Gasteiger partial charge in [0.25, 0.3) is 5.91 Å². The summed E-state index contributed by atoms with van der Waals surface area (Å²) in [5.41, 5.74) is 3.00. The maximum absolute atomic E-state index is 12.7. The lowest BCUT2D eigenvalue weighted by atomic mass is 10.1. The summed E-state index contributed by atoms with van der Waals surface area (Å²) in [5, 5.41) is 7.38. The van der Waals surface area contributed by atoms with Crippen LogP contribution in [0.4, 0.5) is 0 Å². The Kier molecular flexibility index (Phi) is 6.09. The normalized spacial score (nSPS) is 11.4. The van der Waals surface area contributed by atoms with Gasteiger partial charge in [-0.3, -0.25) is 4.79 Å². The lowest BCUT2D eigenvalue weighted by molar-refractivity contribution is 0.0954. The van der Waals surface area contributed by atoms with Crippen LogP contribution in [0.25, 0.3) is 10.9 Å². The number of fused-ring (bicyclic) bond motifs is 1. The molecule has 1 N–H and O–H groups in total. The zero-order valence-electron chi connectivity index (χ0n) is 15.8. The summed E-state index contributed by atoms with van der Waals surface area (Å²) in [6.07, 6.45) is 5.00. The van der Waals surface area contributed by atoms with Crippen molar-refractivity contribution >= 4 is 28.1 Å². The number of unbranched alkanes of at least 4 members (excludes halogenated alkanes) is 1. The Labute approximate surface area is 159 Å². The molecule has 0 unspecified atom stereocenters. The highest BCUT2D eigenvalue weighted by atomic mass is 32.1. The number of carbonyl (C=O) groups is 1. The third-order valence-electron chi connectivity index (χ3n) is 4.36. The maximum Gasteiger partial charge on any atom is 0.253 e. The van der Waals surface area contributed by atoms with Gasteiger partial charge < -0.3 is 9.88 Å². The van der Waals surface area contributed by atoms with Crippen molar-refractivity contribution in [1.29, 1.82) is 0 Å². The number of carbonyl (C=O) groups excluding carboxylic acids is 1. The number of hydrogen-bond donors (Lipinski definition) is 1. The van der Waals surface area contributed by atoms with Gasteiger partial charge in [0.2, 0.25) is 0 Å². The summed E-state index contributed by atoms with van der Waals surface area (Å²) in [6, 6.07) is 8.15. The second-order valence-electron chi connectivity index (χ2n) is 7.20. The molecule has 0 aliphatic rings. The van der Waals surface area contributed by atoms with Gasteiger partial charge in [-0.1, -0.05) is 32.0 Å². The molecular formula is C21H27N3OS. The van der Waals surface area contributed by atoms with Crippen LogP contribution in [-0.2, 0) is 13.0 Å². The van der Waals surface area contributed by atoms with E-state index in [-0.39, 0.29) is 5.91 Å². The standard InChI is InChI=1S/C21H27N3OS/c1-15(2)12-24-13-18(17-8-4-5-9-19(17)24)21(25)22-11-7-6-10-20-23-16(3)14-26-20/h4-5,8-9,13-15H,6-7,10-12H2,1-3H3,(H,22,25). The minimum atomic E-state index is 0.0220. The van der Waals surface area contributed by atoms with E-state index in [1.54, 1.807) is 11.3 Å². The van der Waals surface area contributed by atoms with Gasteiger partial charge in [-0.15, -0.1) is 11.3 Å². The average Bonchev–Trinajstić information content (AvgIpc) is 3.18. The first-order valence-corrected chi connectivity index (χ1v) is 10.2. The Hall–Kier alpha value is -2.14. The topological polar surface area (TPSA) is 46.9 Å². The minimum absolute atomic E-state index is 0.0220. The highest BCUT2D eigenvalue weighted by Gasteiger charge is 2.14. The molecule has 0 aliphatic carbocycles. The molecule has 0 aliphatic heterocycles. The Morgan fingerprint density at radius 3 is 2.81 bits per heavy atom. The van der Waals surface area contributed by atoms with Crippen LogP contribution >= 0.6 is 11.3 Å². The first-order valence-electron chi connectivity index (χ1n) is 9.31. The number of aryl methyl sites for hydroxylation is 2. The molecule has 0 atom stereocenters. The summed E-state index contributed by atoms with van der Waals surface area (Å²) in [5.74, 6) is 0.560. The molecule has 0 spiro atoms. The van der Waals surface area contributed by atoms with E-state index in [9.17, 15) is 4.79 Å². The molecule has 2 heterocycles. The molecule has 0 bridgehead atoms. The highest BCUT2D eigenvalue weighted by molar-refractivity contribution is 7.09. The van der Waals surface area contributed by atoms with E-state index >= 15 is 0 Å². The predicted octanol–water partition coefficient (Wildman–Crippen LogP) is 4.81. The number of amides is 1. The Morgan fingerprint density at radius 2 is 2.08 bits per heavy atom. The molecule has 4 nitrogen and oxygen atoms in total. The zero-order chi connectivity index (χ0) is 18.5. The summed E-state index contributed by atoms with van der Waals surface area (Å²) in [4.78, 5) is 17.1. The number of aromatic nitrogens is 2. The van der Waals surface area contributed by atoms with Gasteiger partial charge in [0.15, 0.2) is 0 Å². The minimum Gasteiger partial charge on any atom is -0.352 e. The fourth-order valence-corrected chi connectivity index (χ4v) is 4.01. The molecule has 0 radical (unpaired) electrons. The number of nitrogens with one attached hydrogen (secondary N) is 1. The van der Waals surface area contributed by atoms with Crippen LogP contribution < -0.4 is 5.32 Å². The lowest BCUT2D eigenvalue weighted by Crippen LogP contribution is -2.24. The summed E-state index contributed by atoms with van der Waals surface area (Å²) < 4.78 is 2.19. The van der Waals surface area contributed by atoms with Crippen molar-refractivity contribution in [2.24, 2.45) is 5.92 Å². The SMILES string of the molecule is Cc1csc(CCCCNC(=O)c2cn(CC(C)C)c3ccccc23)n1. The van der Waals surface area contributed by atoms with Crippen molar-refractivity contribution in [1.82, 2.24) is 14.9 Å². The van der Waals surface area contributed by atoms with E-state index in [1.807, 2.05) is 31.3 Å².